The van der Waals surface area contributed by atoms with Gasteiger partial charge in [-0.1, -0.05) is 6.07 Å². The second-order valence-corrected chi connectivity index (χ2v) is 7.76. The van der Waals surface area contributed by atoms with E-state index in [4.69, 9.17) is 5.73 Å². The molecule has 1 atom stereocenters. The number of pyridine rings is 1. The summed E-state index contributed by atoms with van der Waals surface area (Å²) in [5, 5.41) is 5.00. The van der Waals surface area contributed by atoms with Crippen LogP contribution >= 0.6 is 0 Å². The van der Waals surface area contributed by atoms with Gasteiger partial charge in [-0.3, -0.25) is 9.88 Å². The molecule has 11 heteroatoms. The number of nitrogens with two attached hydrogens (primary N) is 1. The van der Waals surface area contributed by atoms with Crippen LogP contribution in [0.4, 0.5) is 14.7 Å². The van der Waals surface area contributed by atoms with E-state index in [2.05, 4.69) is 47.4 Å². The standard InChI is InChI=1S/C20H17F2N7O2/c1-10(28-8-11-3-2-6-24-13(11)9-28)7-15-25-18-12-4-5-14-17(31-20(21,22)30-14)16(12)26-19(23)29(18)27-15/h2-6,10H,7-9H2,1H3,(H2,23,26). The highest BCUT2D eigenvalue weighted by Crippen LogP contribution is 2.45. The van der Waals surface area contributed by atoms with Gasteiger partial charge < -0.3 is 15.2 Å². The smallest absolute Gasteiger partial charge is 0.395 e. The number of hydrogen-bond donors (Lipinski definition) is 1. The summed E-state index contributed by atoms with van der Waals surface area (Å²) in [6, 6.07) is 7.20. The molecule has 0 saturated carbocycles. The van der Waals surface area contributed by atoms with Crippen molar-refractivity contribution in [3.05, 3.63) is 47.5 Å². The van der Waals surface area contributed by atoms with E-state index in [-0.39, 0.29) is 29.0 Å². The zero-order chi connectivity index (χ0) is 21.3. The molecule has 0 saturated heterocycles. The lowest BCUT2D eigenvalue weighted by Crippen LogP contribution is -2.30. The van der Waals surface area contributed by atoms with Crippen molar-refractivity contribution in [3.8, 4) is 11.5 Å². The highest BCUT2D eigenvalue weighted by molar-refractivity contribution is 5.97. The van der Waals surface area contributed by atoms with Crippen LogP contribution < -0.4 is 15.2 Å². The second kappa shape index (κ2) is 6.20. The second-order valence-electron chi connectivity index (χ2n) is 7.76. The number of aromatic nitrogens is 5. The lowest BCUT2D eigenvalue weighted by molar-refractivity contribution is -0.286. The molecule has 0 amide bonds. The first-order valence-corrected chi connectivity index (χ1v) is 9.78. The Balaban J connectivity index is 1.34. The van der Waals surface area contributed by atoms with Crippen molar-refractivity contribution in [3.63, 3.8) is 0 Å². The molecule has 158 valence electrons. The van der Waals surface area contributed by atoms with E-state index in [0.717, 1.165) is 18.8 Å². The van der Waals surface area contributed by atoms with E-state index in [1.165, 1.54) is 16.1 Å². The SMILES string of the molecule is CC(Cc1nc2c3ccc4c(c3nc(N)n2n1)OC(F)(F)O4)N1Cc2cccnc2C1. The number of nitrogens with zero attached hydrogens (tertiary/aromatic N) is 6. The zero-order valence-electron chi connectivity index (χ0n) is 16.4. The number of fused-ring (bicyclic) bond motifs is 6. The maximum atomic E-state index is 13.5. The average Bonchev–Trinajstić information content (AvgIpc) is 3.41. The molecule has 2 N–H and O–H groups in total. The lowest BCUT2D eigenvalue weighted by atomic mass is 10.2. The largest absolute Gasteiger partial charge is 0.586 e. The Bertz CT molecular complexity index is 1330. The van der Waals surface area contributed by atoms with E-state index >= 15 is 0 Å². The Hall–Kier alpha value is -3.60. The molecule has 31 heavy (non-hydrogen) atoms. The fourth-order valence-electron chi connectivity index (χ4n) is 4.16. The molecule has 5 heterocycles. The predicted octanol–water partition coefficient (Wildman–Crippen LogP) is 2.52. The van der Waals surface area contributed by atoms with E-state index in [0.29, 0.717) is 23.3 Å². The molecule has 4 aromatic rings. The van der Waals surface area contributed by atoms with Crippen LogP contribution in [0, 0.1) is 0 Å². The number of nitrogen functional groups attached to an aromatic ring is 1. The van der Waals surface area contributed by atoms with Crippen molar-refractivity contribution < 1.29 is 18.3 Å². The zero-order valence-corrected chi connectivity index (χ0v) is 16.4. The van der Waals surface area contributed by atoms with Gasteiger partial charge in [0.2, 0.25) is 5.95 Å². The first-order chi connectivity index (χ1) is 14.9. The number of benzene rings is 1. The molecule has 6 rings (SSSR count). The molecule has 0 bridgehead atoms. The van der Waals surface area contributed by atoms with Crippen molar-refractivity contribution in [2.45, 2.75) is 38.8 Å². The van der Waals surface area contributed by atoms with Crippen LogP contribution in [-0.4, -0.2) is 41.8 Å². The number of alkyl halides is 2. The molecular formula is C20H17F2N7O2. The monoisotopic (exact) mass is 425 g/mol. The van der Waals surface area contributed by atoms with E-state index in [1.54, 1.807) is 12.3 Å². The Morgan fingerprint density at radius 1 is 1.19 bits per heavy atom. The average molecular weight is 425 g/mol. The van der Waals surface area contributed by atoms with Crippen LogP contribution in [0.2, 0.25) is 0 Å². The molecule has 0 aliphatic carbocycles. The van der Waals surface area contributed by atoms with Crippen molar-refractivity contribution in [1.29, 1.82) is 0 Å². The third kappa shape index (κ3) is 2.84. The van der Waals surface area contributed by atoms with Crippen molar-refractivity contribution in [1.82, 2.24) is 29.5 Å². The topological polar surface area (TPSA) is 104 Å². The molecule has 0 radical (unpaired) electrons. The van der Waals surface area contributed by atoms with Crippen LogP contribution in [0.3, 0.4) is 0 Å². The molecule has 2 aliphatic rings. The lowest BCUT2D eigenvalue weighted by Gasteiger charge is -2.22. The molecular weight excluding hydrogens is 408 g/mol. The van der Waals surface area contributed by atoms with E-state index in [9.17, 15) is 8.78 Å². The summed E-state index contributed by atoms with van der Waals surface area (Å²) in [7, 11) is 0. The normalized spacial score (nSPS) is 18.0. The molecule has 0 fully saturated rings. The fourth-order valence-corrected chi connectivity index (χ4v) is 4.16. The summed E-state index contributed by atoms with van der Waals surface area (Å²) < 4.78 is 37.6. The van der Waals surface area contributed by atoms with Crippen LogP contribution in [0.15, 0.2) is 30.5 Å². The Morgan fingerprint density at radius 3 is 2.90 bits per heavy atom. The number of rotatable bonds is 3. The minimum Gasteiger partial charge on any atom is -0.395 e. The fraction of sp³-hybridized carbons (Fsp3) is 0.300. The first kappa shape index (κ1) is 18.2. The Labute approximate surface area is 174 Å². The first-order valence-electron chi connectivity index (χ1n) is 9.78. The predicted molar refractivity (Wildman–Crippen MR) is 106 cm³/mol. The summed E-state index contributed by atoms with van der Waals surface area (Å²) in [4.78, 5) is 15.6. The number of anilines is 1. The van der Waals surface area contributed by atoms with Gasteiger partial charge >= 0.3 is 6.29 Å². The van der Waals surface area contributed by atoms with Gasteiger partial charge in [0.25, 0.3) is 0 Å². The molecule has 3 aromatic heterocycles. The minimum absolute atomic E-state index is 0.0268. The number of ether oxygens (including phenoxy) is 2. The molecule has 1 unspecified atom stereocenters. The van der Waals surface area contributed by atoms with Crippen LogP contribution in [0.25, 0.3) is 16.6 Å². The van der Waals surface area contributed by atoms with Crippen LogP contribution in [0.5, 0.6) is 11.5 Å². The molecule has 9 nitrogen and oxygen atoms in total. The van der Waals surface area contributed by atoms with Crippen molar-refractivity contribution in [2.75, 3.05) is 5.73 Å². The highest BCUT2D eigenvalue weighted by atomic mass is 19.3. The summed E-state index contributed by atoms with van der Waals surface area (Å²) in [6.45, 7) is 3.70. The minimum atomic E-state index is -3.74. The summed E-state index contributed by atoms with van der Waals surface area (Å²) in [6.07, 6.45) is -1.35. The maximum absolute atomic E-state index is 13.5. The van der Waals surface area contributed by atoms with Crippen LogP contribution in [-0.2, 0) is 19.5 Å². The number of halogens is 2. The van der Waals surface area contributed by atoms with Gasteiger partial charge in [0.05, 0.1) is 5.69 Å². The third-order valence-corrected chi connectivity index (χ3v) is 5.69. The van der Waals surface area contributed by atoms with E-state index in [1.807, 2.05) is 6.07 Å². The quantitative estimate of drug-likeness (QED) is 0.534. The van der Waals surface area contributed by atoms with E-state index < -0.39 is 6.29 Å². The highest BCUT2D eigenvalue weighted by Gasteiger charge is 2.45. The van der Waals surface area contributed by atoms with Gasteiger partial charge in [-0.15, -0.1) is 13.9 Å². The molecule has 1 aromatic carbocycles. The third-order valence-electron chi connectivity index (χ3n) is 5.69. The molecule has 2 aliphatic heterocycles. The van der Waals surface area contributed by atoms with Gasteiger partial charge in [0.1, 0.15) is 5.52 Å². The van der Waals surface area contributed by atoms with Gasteiger partial charge in [-0.05, 0) is 30.7 Å². The van der Waals surface area contributed by atoms with Crippen molar-refractivity contribution >= 4 is 22.5 Å². The van der Waals surface area contributed by atoms with Gasteiger partial charge in [0.15, 0.2) is 23.0 Å². The summed E-state index contributed by atoms with van der Waals surface area (Å²) in [5.74, 6) is 0.362. The summed E-state index contributed by atoms with van der Waals surface area (Å²) in [5.41, 5.74) is 8.96. The Morgan fingerprint density at radius 2 is 2.06 bits per heavy atom. The maximum Gasteiger partial charge on any atom is 0.586 e. The van der Waals surface area contributed by atoms with Gasteiger partial charge in [0, 0.05) is 37.1 Å². The van der Waals surface area contributed by atoms with Gasteiger partial charge in [-0.2, -0.15) is 4.52 Å². The molecule has 0 spiro atoms. The van der Waals surface area contributed by atoms with Crippen molar-refractivity contribution in [2.24, 2.45) is 0 Å². The number of hydrogen-bond acceptors (Lipinski definition) is 8. The summed E-state index contributed by atoms with van der Waals surface area (Å²) >= 11 is 0. The van der Waals surface area contributed by atoms with Crippen LogP contribution in [0.1, 0.15) is 24.0 Å². The Kier molecular flexibility index (Phi) is 3.64. The van der Waals surface area contributed by atoms with Gasteiger partial charge in [-0.25, -0.2) is 9.97 Å².